The van der Waals surface area contributed by atoms with Gasteiger partial charge in [-0.25, -0.2) is 0 Å². The zero-order chi connectivity index (χ0) is 15.9. The van der Waals surface area contributed by atoms with Crippen LogP contribution in [0.4, 0.5) is 0 Å². The van der Waals surface area contributed by atoms with Gasteiger partial charge in [0, 0.05) is 39.3 Å². The van der Waals surface area contributed by atoms with Gasteiger partial charge in [-0.1, -0.05) is 42.6 Å². The van der Waals surface area contributed by atoms with Crippen LogP contribution in [0.3, 0.4) is 0 Å². The number of thiocarbonyl (C=S) groups is 1. The van der Waals surface area contributed by atoms with Crippen LogP contribution in [0.2, 0.25) is 10.0 Å². The summed E-state index contributed by atoms with van der Waals surface area (Å²) in [5.41, 5.74) is 1.20. The summed E-state index contributed by atoms with van der Waals surface area (Å²) >= 11 is 17.5. The lowest BCUT2D eigenvalue weighted by molar-refractivity contribution is 0.174. The molecule has 1 heterocycles. The van der Waals surface area contributed by atoms with Gasteiger partial charge in [-0.05, 0) is 36.3 Å². The van der Waals surface area contributed by atoms with E-state index in [-0.39, 0.29) is 0 Å². The molecule has 0 atom stereocenters. The smallest absolute Gasteiger partial charge is 0.169 e. The second-order valence-electron chi connectivity index (χ2n) is 5.60. The maximum atomic E-state index is 6.07. The molecule has 1 aliphatic heterocycles. The zero-order valence-electron chi connectivity index (χ0n) is 12.9. The third-order valence-corrected chi connectivity index (χ3v) is 5.00. The average molecular weight is 360 g/mol. The molecule has 0 unspecified atom stereocenters. The minimum Gasteiger partial charge on any atom is -0.363 e. The quantitative estimate of drug-likeness (QED) is 0.636. The molecule has 0 aliphatic carbocycles. The Morgan fingerprint density at radius 2 is 1.91 bits per heavy atom. The Bertz CT molecular complexity index is 502. The normalized spacial score (nSPS) is 15.9. The molecular formula is C16H23Cl2N3S. The van der Waals surface area contributed by atoms with Gasteiger partial charge in [-0.15, -0.1) is 0 Å². The summed E-state index contributed by atoms with van der Waals surface area (Å²) in [6.45, 7) is 8.02. The van der Waals surface area contributed by atoms with Crippen LogP contribution in [-0.2, 0) is 6.54 Å². The van der Waals surface area contributed by atoms with Crippen molar-refractivity contribution in [1.29, 1.82) is 0 Å². The van der Waals surface area contributed by atoms with E-state index in [1.807, 2.05) is 18.2 Å². The monoisotopic (exact) mass is 359 g/mol. The van der Waals surface area contributed by atoms with Gasteiger partial charge in [0.15, 0.2) is 5.11 Å². The molecule has 0 aromatic heterocycles. The molecule has 122 valence electrons. The van der Waals surface area contributed by atoms with Crippen molar-refractivity contribution in [2.45, 2.75) is 26.3 Å². The summed E-state index contributed by atoms with van der Waals surface area (Å²) < 4.78 is 0. The topological polar surface area (TPSA) is 18.5 Å². The summed E-state index contributed by atoms with van der Waals surface area (Å²) in [5.74, 6) is 0. The van der Waals surface area contributed by atoms with E-state index in [1.54, 1.807) is 0 Å². The number of hydrogen-bond donors (Lipinski definition) is 1. The highest BCUT2D eigenvalue weighted by Crippen LogP contribution is 2.23. The molecule has 1 aliphatic rings. The number of benzene rings is 1. The van der Waals surface area contributed by atoms with Gasteiger partial charge in [0.25, 0.3) is 0 Å². The standard InChI is InChI=1S/C16H23Cl2N3S/c1-2-3-6-19-16(22)21-9-7-20(8-10-21)12-13-4-5-14(17)15(18)11-13/h4-5,11H,2-3,6-10,12H2,1H3,(H,19,22). The minimum absolute atomic E-state index is 0.610. The molecule has 1 N–H and O–H groups in total. The molecule has 1 saturated heterocycles. The Labute approximate surface area is 148 Å². The first kappa shape index (κ1) is 17.8. The molecule has 1 aromatic rings. The molecule has 1 aromatic carbocycles. The van der Waals surface area contributed by atoms with E-state index in [2.05, 4.69) is 22.0 Å². The maximum absolute atomic E-state index is 6.07. The molecule has 22 heavy (non-hydrogen) atoms. The third kappa shape index (κ3) is 5.27. The summed E-state index contributed by atoms with van der Waals surface area (Å²) in [4.78, 5) is 4.68. The van der Waals surface area contributed by atoms with Crippen molar-refractivity contribution < 1.29 is 0 Å². The average Bonchev–Trinajstić information content (AvgIpc) is 2.52. The van der Waals surface area contributed by atoms with E-state index in [4.69, 9.17) is 35.4 Å². The number of rotatable bonds is 5. The van der Waals surface area contributed by atoms with Crippen molar-refractivity contribution in [3.63, 3.8) is 0 Å². The number of nitrogens with zero attached hydrogens (tertiary/aromatic N) is 2. The lowest BCUT2D eigenvalue weighted by atomic mass is 10.2. The van der Waals surface area contributed by atoms with Crippen LogP contribution >= 0.6 is 35.4 Å². The SMILES string of the molecule is CCCCNC(=S)N1CCN(Cc2ccc(Cl)c(Cl)c2)CC1. The predicted octanol–water partition coefficient (Wildman–Crippen LogP) is 3.79. The maximum Gasteiger partial charge on any atom is 0.169 e. The lowest BCUT2D eigenvalue weighted by Crippen LogP contribution is -2.51. The first-order valence-electron chi connectivity index (χ1n) is 7.79. The number of nitrogens with one attached hydrogen (secondary N) is 1. The van der Waals surface area contributed by atoms with Crippen molar-refractivity contribution >= 4 is 40.5 Å². The first-order chi connectivity index (χ1) is 10.6. The molecule has 0 saturated carbocycles. The highest BCUT2D eigenvalue weighted by Gasteiger charge is 2.18. The Morgan fingerprint density at radius 3 is 2.55 bits per heavy atom. The van der Waals surface area contributed by atoms with E-state index in [0.717, 1.165) is 50.8 Å². The molecule has 6 heteroatoms. The van der Waals surface area contributed by atoms with Crippen molar-refractivity contribution in [2.24, 2.45) is 0 Å². The van der Waals surface area contributed by atoms with Crippen molar-refractivity contribution in [3.8, 4) is 0 Å². The second kappa shape index (κ2) is 8.92. The van der Waals surface area contributed by atoms with Crippen molar-refractivity contribution in [1.82, 2.24) is 15.1 Å². The van der Waals surface area contributed by atoms with E-state index in [0.29, 0.717) is 10.0 Å². The molecule has 3 nitrogen and oxygen atoms in total. The van der Waals surface area contributed by atoms with Gasteiger partial charge in [0.1, 0.15) is 0 Å². The van der Waals surface area contributed by atoms with Crippen LogP contribution in [0.15, 0.2) is 18.2 Å². The van der Waals surface area contributed by atoms with Crippen LogP contribution in [-0.4, -0.2) is 47.6 Å². The summed E-state index contributed by atoms with van der Waals surface area (Å²) in [5, 5.41) is 5.46. The Kier molecular flexibility index (Phi) is 7.22. The van der Waals surface area contributed by atoms with Gasteiger partial charge < -0.3 is 10.2 Å². The van der Waals surface area contributed by atoms with Gasteiger partial charge in [0.05, 0.1) is 10.0 Å². The number of hydrogen-bond acceptors (Lipinski definition) is 2. The van der Waals surface area contributed by atoms with Gasteiger partial charge in [-0.3, -0.25) is 4.90 Å². The zero-order valence-corrected chi connectivity index (χ0v) is 15.3. The van der Waals surface area contributed by atoms with Gasteiger partial charge in [-0.2, -0.15) is 0 Å². The minimum atomic E-state index is 0.610. The Balaban J connectivity index is 1.77. The molecule has 0 spiro atoms. The summed E-state index contributed by atoms with van der Waals surface area (Å²) in [6, 6.07) is 5.85. The van der Waals surface area contributed by atoms with Crippen molar-refractivity contribution in [2.75, 3.05) is 32.7 Å². The third-order valence-electron chi connectivity index (χ3n) is 3.86. The molecule has 0 bridgehead atoms. The fourth-order valence-electron chi connectivity index (χ4n) is 2.49. The molecule has 0 radical (unpaired) electrons. The second-order valence-corrected chi connectivity index (χ2v) is 6.80. The summed E-state index contributed by atoms with van der Waals surface area (Å²) in [6.07, 6.45) is 2.35. The Morgan fingerprint density at radius 1 is 1.18 bits per heavy atom. The van der Waals surface area contributed by atoms with Crippen LogP contribution in [0.5, 0.6) is 0 Å². The highest BCUT2D eigenvalue weighted by atomic mass is 35.5. The fourth-order valence-corrected chi connectivity index (χ4v) is 3.09. The van der Waals surface area contributed by atoms with E-state index < -0.39 is 0 Å². The molecular weight excluding hydrogens is 337 g/mol. The first-order valence-corrected chi connectivity index (χ1v) is 8.95. The van der Waals surface area contributed by atoms with Crippen molar-refractivity contribution in [3.05, 3.63) is 33.8 Å². The number of unbranched alkanes of at least 4 members (excludes halogenated alkanes) is 1. The van der Waals surface area contributed by atoms with E-state index in [1.165, 1.54) is 12.0 Å². The van der Waals surface area contributed by atoms with Gasteiger partial charge in [0.2, 0.25) is 0 Å². The van der Waals surface area contributed by atoms with Crippen LogP contribution < -0.4 is 5.32 Å². The predicted molar refractivity (Wildman–Crippen MR) is 98.8 cm³/mol. The molecule has 2 rings (SSSR count). The van der Waals surface area contributed by atoms with Gasteiger partial charge >= 0.3 is 0 Å². The van der Waals surface area contributed by atoms with E-state index >= 15 is 0 Å². The van der Waals surface area contributed by atoms with Crippen LogP contribution in [0.1, 0.15) is 25.3 Å². The Hall–Kier alpha value is -0.550. The molecule has 1 fully saturated rings. The number of piperazine rings is 1. The van der Waals surface area contributed by atoms with Crippen LogP contribution in [0.25, 0.3) is 0 Å². The lowest BCUT2D eigenvalue weighted by Gasteiger charge is -2.36. The summed E-state index contributed by atoms with van der Waals surface area (Å²) in [7, 11) is 0. The number of halogens is 2. The van der Waals surface area contributed by atoms with Crippen LogP contribution in [0, 0.1) is 0 Å². The highest BCUT2D eigenvalue weighted by molar-refractivity contribution is 7.80. The van der Waals surface area contributed by atoms with E-state index in [9.17, 15) is 0 Å². The largest absolute Gasteiger partial charge is 0.363 e. The molecule has 0 amide bonds. The fraction of sp³-hybridized carbons (Fsp3) is 0.562.